The lowest BCUT2D eigenvalue weighted by molar-refractivity contribution is 0.669. The molecule has 1 heterocycles. The van der Waals surface area contributed by atoms with Gasteiger partial charge in [0.25, 0.3) is 0 Å². The normalized spacial score (nSPS) is 14.7. The van der Waals surface area contributed by atoms with Crippen LogP contribution in [0.5, 0.6) is 0 Å². The third kappa shape index (κ3) is 4.62. The Kier molecular flexibility index (Phi) is 7.07. The maximum absolute atomic E-state index is 6.57. The van der Waals surface area contributed by atoms with Crippen molar-refractivity contribution in [3.63, 3.8) is 0 Å². The van der Waals surface area contributed by atoms with E-state index < -0.39 is 5.41 Å². The van der Waals surface area contributed by atoms with Gasteiger partial charge >= 0.3 is 0 Å². The molecule has 12 aromatic rings. The molecule has 0 fully saturated rings. The van der Waals surface area contributed by atoms with Crippen LogP contribution in [-0.4, -0.2) is 0 Å². The number of fused-ring (bicyclic) bond motifs is 12. The molecule has 0 saturated carbocycles. The fraction of sp³-hybridized carbons (Fsp3) is 0.0164. The van der Waals surface area contributed by atoms with Crippen molar-refractivity contribution in [2.45, 2.75) is 5.41 Å². The van der Waals surface area contributed by atoms with Crippen LogP contribution in [0.1, 0.15) is 22.3 Å². The highest BCUT2D eigenvalue weighted by Gasteiger charge is 2.48. The monoisotopic (exact) mass is 799 g/mol. The molecule has 292 valence electrons. The molecule has 0 N–H and O–H groups in total. The van der Waals surface area contributed by atoms with Gasteiger partial charge < -0.3 is 9.32 Å². The summed E-state index contributed by atoms with van der Waals surface area (Å²) in [4.78, 5) is 2.46. The van der Waals surface area contributed by atoms with E-state index in [9.17, 15) is 0 Å². The number of para-hydroxylation sites is 1. The number of rotatable bonds is 4. The van der Waals surface area contributed by atoms with Gasteiger partial charge in [-0.25, -0.2) is 0 Å². The van der Waals surface area contributed by atoms with E-state index in [1.54, 1.807) is 0 Å². The summed E-state index contributed by atoms with van der Waals surface area (Å²) in [7, 11) is 0. The molecule has 0 saturated heterocycles. The van der Waals surface area contributed by atoms with Crippen molar-refractivity contribution in [3.05, 3.63) is 247 Å². The second-order valence-corrected chi connectivity index (χ2v) is 17.1. The molecule has 2 aliphatic carbocycles. The third-order valence-corrected chi connectivity index (χ3v) is 14.1. The van der Waals surface area contributed by atoms with Crippen LogP contribution in [0.3, 0.4) is 0 Å². The van der Waals surface area contributed by atoms with E-state index in [1.807, 2.05) is 6.07 Å². The van der Waals surface area contributed by atoms with E-state index >= 15 is 0 Å². The smallest absolute Gasteiger partial charge is 0.137 e. The first kappa shape index (κ1) is 34.5. The molecular weight excluding hydrogens is 763 g/mol. The lowest BCUT2D eigenvalue weighted by atomic mass is 9.55. The summed E-state index contributed by atoms with van der Waals surface area (Å²) in [5.74, 6) is 0. The molecule has 63 heavy (non-hydrogen) atoms. The van der Waals surface area contributed by atoms with Gasteiger partial charge in [0.2, 0.25) is 0 Å². The first-order valence-electron chi connectivity index (χ1n) is 21.8. The zero-order valence-electron chi connectivity index (χ0n) is 34.2. The minimum Gasteiger partial charge on any atom is -0.456 e. The molecule has 1 spiro atoms. The number of benzene rings is 11. The van der Waals surface area contributed by atoms with Crippen LogP contribution in [0.2, 0.25) is 0 Å². The molecule has 0 radical (unpaired) electrons. The lowest BCUT2D eigenvalue weighted by Crippen LogP contribution is -2.36. The lowest BCUT2D eigenvalue weighted by Gasteiger charge is -2.46. The topological polar surface area (TPSA) is 16.4 Å². The van der Waals surface area contributed by atoms with Gasteiger partial charge in [0.05, 0.1) is 16.8 Å². The summed E-state index contributed by atoms with van der Waals surface area (Å²) in [6.07, 6.45) is 0. The summed E-state index contributed by atoms with van der Waals surface area (Å²) in [5.41, 5.74) is 17.3. The summed E-state index contributed by atoms with van der Waals surface area (Å²) in [6, 6.07) is 83.1. The van der Waals surface area contributed by atoms with Crippen LogP contribution in [0, 0.1) is 0 Å². The van der Waals surface area contributed by atoms with Crippen molar-refractivity contribution in [2.75, 3.05) is 4.90 Å². The fourth-order valence-electron chi connectivity index (χ4n) is 11.6. The Morgan fingerprint density at radius 3 is 1.65 bits per heavy atom. The van der Waals surface area contributed by atoms with Crippen LogP contribution in [0.4, 0.5) is 17.1 Å². The van der Waals surface area contributed by atoms with Gasteiger partial charge in [0.1, 0.15) is 11.2 Å². The van der Waals surface area contributed by atoms with Crippen molar-refractivity contribution in [1.29, 1.82) is 0 Å². The summed E-state index contributed by atoms with van der Waals surface area (Å²) in [6.45, 7) is 0. The largest absolute Gasteiger partial charge is 0.456 e. The summed E-state index contributed by atoms with van der Waals surface area (Å²) < 4.78 is 6.57. The molecular formula is C61H37NO. The highest BCUT2D eigenvalue weighted by Crippen LogP contribution is 2.62. The molecule has 11 aromatic carbocycles. The highest BCUT2D eigenvalue weighted by molar-refractivity contribution is 6.17. The zero-order valence-corrected chi connectivity index (χ0v) is 34.2. The molecule has 1 aromatic heterocycles. The van der Waals surface area contributed by atoms with Crippen LogP contribution < -0.4 is 4.90 Å². The number of nitrogens with zero attached hydrogens (tertiary/aromatic N) is 1. The molecule has 14 rings (SSSR count). The number of hydrogen-bond donors (Lipinski definition) is 0. The first-order valence-corrected chi connectivity index (χ1v) is 21.8. The van der Waals surface area contributed by atoms with Crippen molar-refractivity contribution >= 4 is 71.3 Å². The Balaban J connectivity index is 1.11. The molecule has 2 heteroatoms. The minimum absolute atomic E-state index is 0.600. The maximum atomic E-state index is 6.57. The predicted octanol–water partition coefficient (Wildman–Crippen LogP) is 16.5. The number of hydrogen-bond acceptors (Lipinski definition) is 2. The van der Waals surface area contributed by atoms with Crippen LogP contribution >= 0.6 is 0 Å². The van der Waals surface area contributed by atoms with Gasteiger partial charge in [-0.3, -0.25) is 0 Å². The molecule has 2 nitrogen and oxygen atoms in total. The first-order chi connectivity index (χ1) is 31.3. The Labute approximate surface area is 364 Å². The quantitative estimate of drug-likeness (QED) is 0.176. The van der Waals surface area contributed by atoms with Crippen LogP contribution in [0.15, 0.2) is 229 Å². The molecule has 0 amide bonds. The predicted molar refractivity (Wildman–Crippen MR) is 263 cm³/mol. The summed E-state index contributed by atoms with van der Waals surface area (Å²) >= 11 is 0. The second kappa shape index (κ2) is 12.9. The SMILES string of the molecule is c1ccc(-c2ccc3c4c(cccc24)C2(c4ccccc4-3)c3ccccc3-c3ccc(N(c4ccc5c(c4)oc4ccccc45)c4cccc5ccccc45)c4cccc2c34)cc1. The number of furan rings is 1. The van der Waals surface area contributed by atoms with Gasteiger partial charge in [-0.2, -0.15) is 0 Å². The molecule has 2 aliphatic rings. The van der Waals surface area contributed by atoms with E-state index in [4.69, 9.17) is 4.42 Å². The molecule has 1 unspecified atom stereocenters. The average Bonchev–Trinajstić information content (AvgIpc) is 3.73. The third-order valence-electron chi connectivity index (χ3n) is 14.1. The Morgan fingerprint density at radius 2 is 0.857 bits per heavy atom. The van der Waals surface area contributed by atoms with E-state index in [1.165, 1.54) is 88.0 Å². The van der Waals surface area contributed by atoms with E-state index in [0.29, 0.717) is 0 Å². The average molecular weight is 800 g/mol. The summed E-state index contributed by atoms with van der Waals surface area (Å²) in [5, 5.41) is 9.69. The van der Waals surface area contributed by atoms with Crippen molar-refractivity contribution in [1.82, 2.24) is 0 Å². The standard InChI is InChI=1S/C61H37NO/c1-2-15-38(16-3-1)41-33-34-48-43-20-6-9-25-51(43)61(53-27-13-23-47(41)59(48)53)52-26-10-7-21-44(52)49-35-36-56(50-24-14-28-54(61)60(49)50)62(55-29-12-18-39-17-4-5-19-42(39)55)40-31-32-46-45-22-8-11-30-57(45)63-58(46)37-40/h1-37H. The molecule has 0 bridgehead atoms. The van der Waals surface area contributed by atoms with E-state index in [-0.39, 0.29) is 0 Å². The fourth-order valence-corrected chi connectivity index (χ4v) is 11.6. The number of anilines is 3. The van der Waals surface area contributed by atoms with Crippen molar-refractivity contribution in [3.8, 4) is 33.4 Å². The van der Waals surface area contributed by atoms with E-state index in [2.05, 4.69) is 223 Å². The van der Waals surface area contributed by atoms with Crippen molar-refractivity contribution in [2.24, 2.45) is 0 Å². The van der Waals surface area contributed by atoms with Gasteiger partial charge in [-0.15, -0.1) is 0 Å². The Hall–Kier alpha value is -8.20. The molecule has 0 aliphatic heterocycles. The maximum Gasteiger partial charge on any atom is 0.137 e. The van der Waals surface area contributed by atoms with Gasteiger partial charge in [0, 0.05) is 33.3 Å². The second-order valence-electron chi connectivity index (χ2n) is 17.1. The van der Waals surface area contributed by atoms with E-state index in [0.717, 1.165) is 39.0 Å². The van der Waals surface area contributed by atoms with Crippen LogP contribution in [-0.2, 0) is 5.41 Å². The van der Waals surface area contributed by atoms with Crippen LogP contribution in [0.25, 0.3) is 87.6 Å². The highest BCUT2D eigenvalue weighted by atomic mass is 16.3. The Bertz CT molecular complexity index is 3870. The van der Waals surface area contributed by atoms with Crippen molar-refractivity contribution < 1.29 is 4.42 Å². The van der Waals surface area contributed by atoms with Gasteiger partial charge in [0.15, 0.2) is 0 Å². The van der Waals surface area contributed by atoms with Gasteiger partial charge in [-0.05, 0) is 108 Å². The minimum atomic E-state index is -0.600. The Morgan fingerprint density at radius 1 is 0.317 bits per heavy atom. The van der Waals surface area contributed by atoms with Gasteiger partial charge in [-0.1, -0.05) is 188 Å². The zero-order chi connectivity index (χ0) is 41.2. The molecule has 1 atom stereocenters.